The molecule has 78 valence electrons. The summed E-state index contributed by atoms with van der Waals surface area (Å²) >= 11 is 0. The number of nitrogens with two attached hydrogens (primary N) is 1. The van der Waals surface area contributed by atoms with E-state index in [0.29, 0.717) is 11.7 Å². The summed E-state index contributed by atoms with van der Waals surface area (Å²) in [7, 11) is 0. The lowest BCUT2D eigenvalue weighted by Gasteiger charge is -2.06. The van der Waals surface area contributed by atoms with E-state index in [0.717, 1.165) is 5.56 Å². The molecule has 0 aliphatic heterocycles. The van der Waals surface area contributed by atoms with Gasteiger partial charge < -0.3 is 10.3 Å². The fraction of sp³-hybridized carbons (Fsp3) is 0.273. The lowest BCUT2D eigenvalue weighted by atomic mass is 10.1. The molecule has 0 saturated heterocycles. The van der Waals surface area contributed by atoms with Gasteiger partial charge in [-0.2, -0.15) is 4.98 Å². The topological polar surface area (TPSA) is 64.9 Å². The first kappa shape index (κ1) is 9.86. The third kappa shape index (κ3) is 2.05. The van der Waals surface area contributed by atoms with Crippen LogP contribution < -0.4 is 5.73 Å². The highest BCUT2D eigenvalue weighted by Gasteiger charge is 2.14. The maximum Gasteiger partial charge on any atom is 0.248 e. The van der Waals surface area contributed by atoms with Crippen LogP contribution in [0.3, 0.4) is 0 Å². The van der Waals surface area contributed by atoms with Gasteiger partial charge in [0.2, 0.25) is 5.89 Å². The van der Waals surface area contributed by atoms with Crippen molar-refractivity contribution < 1.29 is 4.52 Å². The monoisotopic (exact) mass is 203 g/mol. The molecule has 4 nitrogen and oxygen atoms in total. The van der Waals surface area contributed by atoms with E-state index in [1.165, 1.54) is 5.56 Å². The maximum atomic E-state index is 5.98. The molecule has 2 aromatic rings. The smallest absolute Gasteiger partial charge is 0.248 e. The van der Waals surface area contributed by atoms with Crippen LogP contribution in [0.4, 0.5) is 0 Å². The minimum atomic E-state index is -0.341. The van der Waals surface area contributed by atoms with Gasteiger partial charge >= 0.3 is 0 Å². The van der Waals surface area contributed by atoms with Crippen LogP contribution in [0.25, 0.3) is 0 Å². The summed E-state index contributed by atoms with van der Waals surface area (Å²) in [6.07, 6.45) is 0. The van der Waals surface area contributed by atoms with Gasteiger partial charge in [-0.3, -0.25) is 0 Å². The van der Waals surface area contributed by atoms with E-state index in [-0.39, 0.29) is 6.04 Å². The van der Waals surface area contributed by atoms with Gasteiger partial charge in [-0.25, -0.2) is 0 Å². The Labute approximate surface area is 88.1 Å². The first-order valence-corrected chi connectivity index (χ1v) is 4.79. The van der Waals surface area contributed by atoms with Crippen molar-refractivity contribution >= 4 is 0 Å². The van der Waals surface area contributed by atoms with Crippen LogP contribution in [0.1, 0.15) is 28.9 Å². The molecule has 1 atom stereocenters. The van der Waals surface area contributed by atoms with Crippen LogP contribution in [0, 0.1) is 13.8 Å². The molecule has 0 fully saturated rings. The predicted octanol–water partition coefficient (Wildman–Crippen LogP) is 1.73. The fourth-order valence-corrected chi connectivity index (χ4v) is 1.36. The van der Waals surface area contributed by atoms with Crippen LogP contribution >= 0.6 is 0 Å². The van der Waals surface area contributed by atoms with Crippen molar-refractivity contribution in [1.29, 1.82) is 0 Å². The number of hydrogen-bond donors (Lipinski definition) is 1. The molecule has 0 amide bonds. The van der Waals surface area contributed by atoms with E-state index < -0.39 is 0 Å². The zero-order valence-electron chi connectivity index (χ0n) is 8.77. The second kappa shape index (κ2) is 3.82. The van der Waals surface area contributed by atoms with Crippen molar-refractivity contribution in [2.45, 2.75) is 19.9 Å². The third-order valence-electron chi connectivity index (χ3n) is 2.25. The Kier molecular flexibility index (Phi) is 2.51. The highest BCUT2D eigenvalue weighted by molar-refractivity contribution is 5.26. The van der Waals surface area contributed by atoms with Gasteiger partial charge in [0.1, 0.15) is 6.04 Å². The number of hydrogen-bond acceptors (Lipinski definition) is 4. The summed E-state index contributed by atoms with van der Waals surface area (Å²) in [5, 5.41) is 3.71. The molecule has 0 bridgehead atoms. The SMILES string of the molecule is Cc1ccc(C(N)c2nc(C)no2)cc1. The van der Waals surface area contributed by atoms with Gasteiger partial charge in [0, 0.05) is 0 Å². The lowest BCUT2D eigenvalue weighted by Crippen LogP contribution is -2.12. The van der Waals surface area contributed by atoms with Gasteiger partial charge in [0.05, 0.1) is 0 Å². The largest absolute Gasteiger partial charge is 0.337 e. The summed E-state index contributed by atoms with van der Waals surface area (Å²) in [4.78, 5) is 4.11. The number of nitrogens with zero attached hydrogens (tertiary/aromatic N) is 2. The molecule has 1 aromatic carbocycles. The van der Waals surface area contributed by atoms with Gasteiger partial charge in [-0.15, -0.1) is 0 Å². The van der Waals surface area contributed by atoms with E-state index in [4.69, 9.17) is 10.3 Å². The average molecular weight is 203 g/mol. The molecule has 15 heavy (non-hydrogen) atoms. The summed E-state index contributed by atoms with van der Waals surface area (Å²) in [5.74, 6) is 1.06. The van der Waals surface area contributed by atoms with Crippen molar-refractivity contribution in [3.8, 4) is 0 Å². The number of benzene rings is 1. The second-order valence-corrected chi connectivity index (χ2v) is 3.57. The molecular formula is C11H13N3O. The van der Waals surface area contributed by atoms with Crippen LogP contribution in [0.15, 0.2) is 28.8 Å². The Hall–Kier alpha value is -1.68. The highest BCUT2D eigenvalue weighted by Crippen LogP contribution is 2.17. The molecule has 4 heteroatoms. The Morgan fingerprint density at radius 1 is 1.20 bits per heavy atom. The van der Waals surface area contributed by atoms with Crippen molar-refractivity contribution in [2.75, 3.05) is 0 Å². The van der Waals surface area contributed by atoms with Crippen LogP contribution in [0.5, 0.6) is 0 Å². The Morgan fingerprint density at radius 2 is 1.87 bits per heavy atom. The minimum absolute atomic E-state index is 0.341. The maximum absolute atomic E-state index is 5.98. The van der Waals surface area contributed by atoms with E-state index in [9.17, 15) is 0 Å². The van der Waals surface area contributed by atoms with E-state index in [1.54, 1.807) is 6.92 Å². The van der Waals surface area contributed by atoms with Crippen molar-refractivity contribution in [3.05, 3.63) is 47.1 Å². The number of aryl methyl sites for hydroxylation is 2. The van der Waals surface area contributed by atoms with Gasteiger partial charge in [-0.05, 0) is 19.4 Å². The molecule has 2 rings (SSSR count). The predicted molar refractivity (Wildman–Crippen MR) is 56.2 cm³/mol. The summed E-state index contributed by atoms with van der Waals surface area (Å²) in [5.41, 5.74) is 8.16. The second-order valence-electron chi connectivity index (χ2n) is 3.57. The van der Waals surface area contributed by atoms with Crippen LogP contribution in [-0.2, 0) is 0 Å². The summed E-state index contributed by atoms with van der Waals surface area (Å²) in [6, 6.07) is 7.63. The Balaban J connectivity index is 2.28. The van der Waals surface area contributed by atoms with E-state index >= 15 is 0 Å². The Morgan fingerprint density at radius 3 is 2.40 bits per heavy atom. The third-order valence-corrected chi connectivity index (χ3v) is 2.25. The molecule has 0 aliphatic carbocycles. The summed E-state index contributed by atoms with van der Waals surface area (Å²) in [6.45, 7) is 3.81. The van der Waals surface area contributed by atoms with Crippen molar-refractivity contribution in [3.63, 3.8) is 0 Å². The molecular weight excluding hydrogens is 190 g/mol. The zero-order chi connectivity index (χ0) is 10.8. The average Bonchev–Trinajstić information content (AvgIpc) is 2.65. The fourth-order valence-electron chi connectivity index (χ4n) is 1.36. The normalized spacial score (nSPS) is 12.7. The first-order chi connectivity index (χ1) is 7.16. The van der Waals surface area contributed by atoms with Gasteiger partial charge in [-0.1, -0.05) is 35.0 Å². The molecule has 0 radical (unpaired) electrons. The Bertz CT molecular complexity index is 447. The lowest BCUT2D eigenvalue weighted by molar-refractivity contribution is 0.364. The van der Waals surface area contributed by atoms with Crippen LogP contribution in [-0.4, -0.2) is 10.1 Å². The number of aromatic nitrogens is 2. The zero-order valence-corrected chi connectivity index (χ0v) is 8.77. The highest BCUT2D eigenvalue weighted by atomic mass is 16.5. The molecule has 1 unspecified atom stereocenters. The molecule has 2 N–H and O–H groups in total. The van der Waals surface area contributed by atoms with E-state index in [2.05, 4.69) is 10.1 Å². The molecule has 0 spiro atoms. The van der Waals surface area contributed by atoms with Gasteiger partial charge in [0.25, 0.3) is 0 Å². The minimum Gasteiger partial charge on any atom is -0.337 e. The summed E-state index contributed by atoms with van der Waals surface area (Å²) < 4.78 is 5.02. The van der Waals surface area contributed by atoms with Gasteiger partial charge in [0.15, 0.2) is 5.82 Å². The van der Waals surface area contributed by atoms with Crippen LogP contribution in [0.2, 0.25) is 0 Å². The van der Waals surface area contributed by atoms with Crippen molar-refractivity contribution in [1.82, 2.24) is 10.1 Å². The molecule has 1 aromatic heterocycles. The van der Waals surface area contributed by atoms with Crippen molar-refractivity contribution in [2.24, 2.45) is 5.73 Å². The standard InChI is InChI=1S/C11H13N3O/c1-7-3-5-9(6-4-7)10(12)11-13-8(2)14-15-11/h3-6,10H,12H2,1-2H3. The molecule has 1 heterocycles. The quantitative estimate of drug-likeness (QED) is 0.807. The molecule has 0 saturated carbocycles. The number of rotatable bonds is 2. The first-order valence-electron chi connectivity index (χ1n) is 4.79. The molecule has 0 aliphatic rings. The van der Waals surface area contributed by atoms with E-state index in [1.807, 2.05) is 31.2 Å².